The Hall–Kier alpha value is -5.45. The van der Waals surface area contributed by atoms with E-state index in [4.69, 9.17) is 11.1 Å². The van der Waals surface area contributed by atoms with Gasteiger partial charge in [-0.15, -0.1) is 0 Å². The van der Waals surface area contributed by atoms with E-state index in [-0.39, 0.29) is 30.4 Å². The van der Waals surface area contributed by atoms with Crippen molar-refractivity contribution in [3.63, 3.8) is 0 Å². The Morgan fingerprint density at radius 3 is 2.11 bits per heavy atom. The highest BCUT2D eigenvalue weighted by Gasteiger charge is 2.35. The molecule has 0 saturated heterocycles. The average Bonchev–Trinajstić information content (AvgIpc) is 3.02. The number of guanidine groups is 1. The molecule has 11 nitrogen and oxygen atoms in total. The van der Waals surface area contributed by atoms with Gasteiger partial charge in [0.1, 0.15) is 6.04 Å². The number of hydrogen-bond donors (Lipinski definition) is 6. The van der Waals surface area contributed by atoms with Gasteiger partial charge >= 0.3 is 5.97 Å². The quantitative estimate of drug-likeness (QED) is 0.0728. The van der Waals surface area contributed by atoms with Crippen molar-refractivity contribution in [1.82, 2.24) is 20.2 Å². The highest BCUT2D eigenvalue weighted by atomic mass is 16.4. The number of rotatable bonds is 14. The molecule has 11 heteroatoms. The van der Waals surface area contributed by atoms with Gasteiger partial charge in [0.2, 0.25) is 11.9 Å². The van der Waals surface area contributed by atoms with Crippen molar-refractivity contribution >= 4 is 23.8 Å². The summed E-state index contributed by atoms with van der Waals surface area (Å²) in [4.78, 5) is 47.3. The molecule has 0 aliphatic carbocycles. The summed E-state index contributed by atoms with van der Waals surface area (Å²) in [6.45, 7) is 2.47. The molecule has 1 aromatic heterocycles. The number of carbonyl (C=O) groups is 2. The maximum atomic E-state index is 14.5. The molecule has 228 valence electrons. The fraction of sp³-hybridized carbons (Fsp3) is 0.242. The molecule has 0 saturated carbocycles. The Labute approximate surface area is 255 Å². The number of amides is 1. The largest absolute Gasteiger partial charge is 0.480 e. The van der Waals surface area contributed by atoms with Crippen LogP contribution in [0.4, 0.5) is 5.95 Å². The topological polar surface area (TPSA) is 177 Å². The number of carboxylic acids is 1. The van der Waals surface area contributed by atoms with Gasteiger partial charge in [-0.05, 0) is 42.0 Å². The van der Waals surface area contributed by atoms with Gasteiger partial charge in [-0.1, -0.05) is 84.9 Å². The number of H-pyrrole nitrogens is 1. The zero-order valence-electron chi connectivity index (χ0n) is 24.5. The minimum atomic E-state index is -1.11. The lowest BCUT2D eigenvalue weighted by atomic mass is 9.89. The maximum absolute atomic E-state index is 14.5. The molecule has 1 amide bonds. The molecule has 44 heavy (non-hydrogen) atoms. The number of aliphatic carboxylic acids is 1. The SMILES string of the molecule is Cc1cnc(NCc2ccc(CN(C(=O)C(c3ccccc3)c3ccccc3)[C@H](CCCNC(=N)N)C(=O)O)cc2)[nH]c1=O. The monoisotopic (exact) mass is 595 g/mol. The highest BCUT2D eigenvalue weighted by Crippen LogP contribution is 2.29. The smallest absolute Gasteiger partial charge is 0.326 e. The van der Waals surface area contributed by atoms with Crippen molar-refractivity contribution in [2.75, 3.05) is 11.9 Å². The van der Waals surface area contributed by atoms with Gasteiger partial charge in [-0.2, -0.15) is 0 Å². The lowest BCUT2D eigenvalue weighted by molar-refractivity contribution is -0.151. The molecule has 4 rings (SSSR count). The number of aryl methyl sites for hydroxylation is 1. The van der Waals surface area contributed by atoms with Crippen LogP contribution < -0.4 is 21.9 Å². The van der Waals surface area contributed by atoms with E-state index in [0.29, 0.717) is 31.0 Å². The zero-order valence-corrected chi connectivity index (χ0v) is 24.5. The molecule has 4 aromatic rings. The lowest BCUT2D eigenvalue weighted by Crippen LogP contribution is -2.47. The van der Waals surface area contributed by atoms with Crippen LogP contribution in [0, 0.1) is 12.3 Å². The Morgan fingerprint density at radius 2 is 1.57 bits per heavy atom. The van der Waals surface area contributed by atoms with E-state index in [2.05, 4.69) is 20.6 Å². The van der Waals surface area contributed by atoms with E-state index in [9.17, 15) is 19.5 Å². The van der Waals surface area contributed by atoms with E-state index >= 15 is 0 Å². The Morgan fingerprint density at radius 1 is 0.977 bits per heavy atom. The van der Waals surface area contributed by atoms with Crippen LogP contribution in [0.2, 0.25) is 0 Å². The van der Waals surface area contributed by atoms with Crippen molar-refractivity contribution in [2.45, 2.75) is 44.8 Å². The minimum absolute atomic E-state index is 0.0760. The number of aromatic amines is 1. The van der Waals surface area contributed by atoms with E-state index < -0.39 is 17.9 Å². The zero-order chi connectivity index (χ0) is 31.5. The molecular formula is C33H37N7O4. The summed E-state index contributed by atoms with van der Waals surface area (Å²) in [5, 5.41) is 23.5. The summed E-state index contributed by atoms with van der Waals surface area (Å²) < 4.78 is 0. The number of anilines is 1. The number of carbonyl (C=O) groups excluding carboxylic acids is 1. The summed E-state index contributed by atoms with van der Waals surface area (Å²) in [6, 6.07) is 25.1. The number of benzene rings is 3. The van der Waals surface area contributed by atoms with Crippen LogP contribution in [0.25, 0.3) is 0 Å². The maximum Gasteiger partial charge on any atom is 0.326 e. The number of nitrogens with one attached hydrogen (secondary N) is 4. The van der Waals surface area contributed by atoms with Gasteiger partial charge in [0.15, 0.2) is 5.96 Å². The van der Waals surface area contributed by atoms with Crippen LogP contribution in [-0.2, 0) is 22.7 Å². The molecule has 1 heterocycles. The molecule has 0 spiro atoms. The van der Waals surface area contributed by atoms with Crippen molar-refractivity contribution in [2.24, 2.45) is 5.73 Å². The molecule has 7 N–H and O–H groups in total. The Kier molecular flexibility index (Phi) is 10.8. The third-order valence-corrected chi connectivity index (χ3v) is 7.24. The first kappa shape index (κ1) is 31.5. The van der Waals surface area contributed by atoms with E-state index in [1.165, 1.54) is 11.1 Å². The first-order valence-corrected chi connectivity index (χ1v) is 14.3. The average molecular weight is 596 g/mol. The molecular weight excluding hydrogens is 558 g/mol. The second-order valence-electron chi connectivity index (χ2n) is 10.5. The van der Waals surface area contributed by atoms with Gasteiger partial charge in [0.25, 0.3) is 5.56 Å². The summed E-state index contributed by atoms with van der Waals surface area (Å²) in [5.74, 6) is -1.98. The van der Waals surface area contributed by atoms with Gasteiger partial charge in [-0.25, -0.2) is 9.78 Å². The molecule has 0 fully saturated rings. The Bertz CT molecular complexity index is 1570. The predicted octanol–water partition coefficient (Wildman–Crippen LogP) is 3.57. The third-order valence-electron chi connectivity index (χ3n) is 7.24. The molecule has 0 aliphatic rings. The van der Waals surface area contributed by atoms with Crippen LogP contribution in [0.15, 0.2) is 95.9 Å². The molecule has 3 aromatic carbocycles. The van der Waals surface area contributed by atoms with E-state index in [1.807, 2.05) is 84.9 Å². The Balaban J connectivity index is 1.61. The number of aromatic nitrogens is 2. The van der Waals surface area contributed by atoms with E-state index in [0.717, 1.165) is 22.3 Å². The summed E-state index contributed by atoms with van der Waals surface area (Å²) >= 11 is 0. The molecule has 0 unspecified atom stereocenters. The van der Waals surface area contributed by atoms with Gasteiger partial charge in [0, 0.05) is 31.4 Å². The number of nitrogens with two attached hydrogens (primary N) is 1. The van der Waals surface area contributed by atoms with Crippen LogP contribution >= 0.6 is 0 Å². The minimum Gasteiger partial charge on any atom is -0.480 e. The first-order chi connectivity index (χ1) is 21.2. The number of nitrogens with zero attached hydrogens (tertiary/aromatic N) is 2. The third kappa shape index (κ3) is 8.54. The molecule has 0 aliphatic heterocycles. The summed E-state index contributed by atoms with van der Waals surface area (Å²) in [7, 11) is 0. The van der Waals surface area contributed by atoms with Crippen molar-refractivity contribution < 1.29 is 14.7 Å². The number of carboxylic acid groups (broad SMARTS) is 1. The predicted molar refractivity (Wildman–Crippen MR) is 169 cm³/mol. The second-order valence-corrected chi connectivity index (χ2v) is 10.5. The molecule has 0 bridgehead atoms. The van der Waals surface area contributed by atoms with Gasteiger partial charge < -0.3 is 26.4 Å². The summed E-state index contributed by atoms with van der Waals surface area (Å²) in [5.41, 5.74) is 8.91. The first-order valence-electron chi connectivity index (χ1n) is 14.3. The normalized spacial score (nSPS) is 11.5. The van der Waals surface area contributed by atoms with Crippen LogP contribution in [0.3, 0.4) is 0 Å². The number of hydrogen-bond acceptors (Lipinski definition) is 6. The van der Waals surface area contributed by atoms with Crippen LogP contribution in [-0.4, -0.2) is 50.4 Å². The van der Waals surface area contributed by atoms with Crippen molar-refractivity contribution in [1.29, 1.82) is 5.41 Å². The standard InChI is InChI=1S/C33H37N7O4/c1-22-19-37-33(39-29(22)41)38-20-23-14-16-24(17-15-23)21-40(27(31(43)44)13-8-18-36-32(34)35)30(42)28(25-9-4-2-5-10-25)26-11-6-3-7-12-26/h2-7,9-12,14-17,19,27-28H,8,13,18,20-21H2,1H3,(H,43,44)(H4,34,35,36)(H2,37,38,39,41)/t27-/m1/s1. The molecule has 0 radical (unpaired) electrons. The lowest BCUT2D eigenvalue weighted by Gasteiger charge is -2.33. The van der Waals surface area contributed by atoms with Crippen LogP contribution in [0.1, 0.15) is 46.6 Å². The van der Waals surface area contributed by atoms with Crippen molar-refractivity contribution in [3.05, 3.63) is 129 Å². The van der Waals surface area contributed by atoms with Gasteiger partial charge in [-0.3, -0.25) is 20.0 Å². The fourth-order valence-corrected chi connectivity index (χ4v) is 4.90. The fourth-order valence-electron chi connectivity index (χ4n) is 4.90. The van der Waals surface area contributed by atoms with Gasteiger partial charge in [0.05, 0.1) is 5.92 Å². The summed E-state index contributed by atoms with van der Waals surface area (Å²) in [6.07, 6.45) is 2.06. The van der Waals surface area contributed by atoms with E-state index in [1.54, 1.807) is 6.92 Å². The highest BCUT2D eigenvalue weighted by molar-refractivity contribution is 5.90. The van der Waals surface area contributed by atoms with Crippen molar-refractivity contribution in [3.8, 4) is 0 Å². The second kappa shape index (κ2) is 15.1. The molecule has 1 atom stereocenters. The van der Waals surface area contributed by atoms with Crippen LogP contribution in [0.5, 0.6) is 0 Å².